The van der Waals surface area contributed by atoms with Gasteiger partial charge in [-0.2, -0.15) is 0 Å². The molecule has 0 amide bonds. The second-order valence-electron chi connectivity index (χ2n) is 5.47. The van der Waals surface area contributed by atoms with E-state index in [1.165, 1.54) is 0 Å². The number of benzene rings is 1. The lowest BCUT2D eigenvalue weighted by Crippen LogP contribution is -2.52. The number of ether oxygens (including phenoxy) is 2. The Hall–Kier alpha value is -1.39. The summed E-state index contributed by atoms with van der Waals surface area (Å²) in [6.45, 7) is 7.84. The van der Waals surface area contributed by atoms with Crippen molar-refractivity contribution in [2.24, 2.45) is 0 Å². The zero-order valence-corrected chi connectivity index (χ0v) is 13.1. The lowest BCUT2D eigenvalue weighted by Gasteiger charge is -2.42. The van der Waals surface area contributed by atoms with Crippen molar-refractivity contribution >= 4 is 5.97 Å². The zero-order valence-electron chi connectivity index (χ0n) is 13.1. The van der Waals surface area contributed by atoms with E-state index in [0.29, 0.717) is 13.2 Å². The van der Waals surface area contributed by atoms with Gasteiger partial charge in [0.05, 0.1) is 19.3 Å². The Kier molecular flexibility index (Phi) is 5.76. The van der Waals surface area contributed by atoms with Crippen LogP contribution in [0.4, 0.5) is 0 Å². The van der Waals surface area contributed by atoms with Crippen LogP contribution in [0.3, 0.4) is 0 Å². The van der Waals surface area contributed by atoms with Crippen molar-refractivity contribution in [3.05, 3.63) is 35.9 Å². The Morgan fingerprint density at radius 1 is 1.38 bits per heavy atom. The van der Waals surface area contributed by atoms with Crippen LogP contribution in [0, 0.1) is 0 Å². The van der Waals surface area contributed by atoms with Gasteiger partial charge in [0.2, 0.25) is 0 Å². The Labute approximate surface area is 127 Å². The molecule has 21 heavy (non-hydrogen) atoms. The van der Waals surface area contributed by atoms with E-state index >= 15 is 0 Å². The molecule has 3 atom stereocenters. The third kappa shape index (κ3) is 3.83. The van der Waals surface area contributed by atoms with Crippen LogP contribution in [0.15, 0.2) is 30.3 Å². The minimum Gasteiger partial charge on any atom is -0.465 e. The van der Waals surface area contributed by atoms with Crippen LogP contribution in [0.2, 0.25) is 0 Å². The first-order valence-electron chi connectivity index (χ1n) is 7.76. The van der Waals surface area contributed by atoms with Gasteiger partial charge in [0, 0.05) is 12.6 Å². The number of carbonyl (C=O) groups is 1. The number of hydrogen-bond acceptors (Lipinski definition) is 4. The second kappa shape index (κ2) is 7.57. The van der Waals surface area contributed by atoms with Gasteiger partial charge in [-0.1, -0.05) is 37.3 Å². The fourth-order valence-electron chi connectivity index (χ4n) is 2.86. The maximum atomic E-state index is 12.5. The average Bonchev–Trinajstić information content (AvgIpc) is 2.49. The molecule has 4 nitrogen and oxygen atoms in total. The van der Waals surface area contributed by atoms with Gasteiger partial charge in [0.25, 0.3) is 0 Å². The van der Waals surface area contributed by atoms with Gasteiger partial charge in [-0.25, -0.2) is 4.79 Å². The van der Waals surface area contributed by atoms with Crippen molar-refractivity contribution < 1.29 is 14.3 Å². The molecule has 4 heteroatoms. The molecule has 1 saturated heterocycles. The normalized spacial score (nSPS) is 24.5. The number of hydrogen-bond donors (Lipinski definition) is 0. The summed E-state index contributed by atoms with van der Waals surface area (Å²) in [6.07, 6.45) is 1.09. The van der Waals surface area contributed by atoms with Crippen LogP contribution in [0.25, 0.3) is 0 Å². The summed E-state index contributed by atoms with van der Waals surface area (Å²) >= 11 is 0. The maximum Gasteiger partial charge on any atom is 0.328 e. The van der Waals surface area contributed by atoms with Crippen LogP contribution < -0.4 is 0 Å². The number of carbonyl (C=O) groups excluding carboxylic acids is 1. The fourth-order valence-corrected chi connectivity index (χ4v) is 2.86. The molecule has 1 heterocycles. The van der Waals surface area contributed by atoms with Crippen LogP contribution in [-0.2, 0) is 14.3 Å². The van der Waals surface area contributed by atoms with Gasteiger partial charge in [0.1, 0.15) is 6.04 Å². The van der Waals surface area contributed by atoms with Crippen molar-refractivity contribution in [1.29, 1.82) is 0 Å². The molecule has 1 aromatic carbocycles. The highest BCUT2D eigenvalue weighted by Crippen LogP contribution is 2.28. The summed E-state index contributed by atoms with van der Waals surface area (Å²) in [5.41, 5.74) is 0.989. The average molecular weight is 291 g/mol. The van der Waals surface area contributed by atoms with Crippen LogP contribution in [0.5, 0.6) is 0 Å². The number of morpholine rings is 1. The third-order valence-electron chi connectivity index (χ3n) is 3.94. The van der Waals surface area contributed by atoms with Gasteiger partial charge in [-0.05, 0) is 25.8 Å². The highest BCUT2D eigenvalue weighted by molar-refractivity contribution is 5.77. The molecule has 116 valence electrons. The summed E-state index contributed by atoms with van der Waals surface area (Å²) in [5.74, 6) is -0.170. The highest BCUT2D eigenvalue weighted by atomic mass is 16.5. The molecule has 1 aliphatic heterocycles. The topological polar surface area (TPSA) is 38.8 Å². The molecule has 0 aliphatic carbocycles. The van der Waals surface area contributed by atoms with E-state index in [2.05, 4.69) is 11.8 Å². The Balaban J connectivity index is 2.31. The van der Waals surface area contributed by atoms with Gasteiger partial charge >= 0.3 is 5.97 Å². The van der Waals surface area contributed by atoms with Gasteiger partial charge in [-0.15, -0.1) is 0 Å². The SMILES string of the molecule is CCOC(=O)C(c1ccccc1)N1CC(C)OCC1CC. The predicted molar refractivity (Wildman–Crippen MR) is 82.0 cm³/mol. The summed E-state index contributed by atoms with van der Waals surface area (Å²) in [7, 11) is 0. The van der Waals surface area contributed by atoms with Crippen molar-refractivity contribution in [2.75, 3.05) is 19.8 Å². The van der Waals surface area contributed by atoms with Crippen LogP contribution >= 0.6 is 0 Å². The lowest BCUT2D eigenvalue weighted by molar-refractivity contribution is -0.156. The molecular formula is C17H25NO3. The largest absolute Gasteiger partial charge is 0.465 e. The highest BCUT2D eigenvalue weighted by Gasteiger charge is 2.36. The molecule has 2 rings (SSSR count). The molecule has 3 unspecified atom stereocenters. The molecule has 1 aliphatic rings. The van der Waals surface area contributed by atoms with Gasteiger partial charge in [-0.3, -0.25) is 4.90 Å². The third-order valence-corrected chi connectivity index (χ3v) is 3.94. The molecular weight excluding hydrogens is 266 g/mol. The smallest absolute Gasteiger partial charge is 0.328 e. The summed E-state index contributed by atoms with van der Waals surface area (Å²) < 4.78 is 11.1. The monoisotopic (exact) mass is 291 g/mol. The second-order valence-corrected chi connectivity index (χ2v) is 5.47. The van der Waals surface area contributed by atoms with E-state index in [0.717, 1.165) is 18.5 Å². The maximum absolute atomic E-state index is 12.5. The standard InChI is InChI=1S/C17H25NO3/c1-4-15-12-21-13(3)11-18(15)16(17(19)20-5-2)14-9-7-6-8-10-14/h6-10,13,15-16H,4-5,11-12H2,1-3H3. The van der Waals surface area contributed by atoms with E-state index < -0.39 is 0 Å². The molecule has 1 fully saturated rings. The first kappa shape index (κ1) is 16.0. The molecule has 0 saturated carbocycles. The first-order valence-corrected chi connectivity index (χ1v) is 7.76. The predicted octanol–water partition coefficient (Wildman–Crippen LogP) is 2.79. The summed E-state index contributed by atoms with van der Waals surface area (Å²) in [4.78, 5) is 14.7. The van der Waals surface area contributed by atoms with Crippen molar-refractivity contribution in [3.63, 3.8) is 0 Å². The Morgan fingerprint density at radius 2 is 2.10 bits per heavy atom. The lowest BCUT2D eigenvalue weighted by atomic mass is 10.0. The number of rotatable bonds is 5. The number of nitrogens with zero attached hydrogens (tertiary/aromatic N) is 1. The molecule has 0 spiro atoms. The van der Waals surface area contributed by atoms with E-state index in [9.17, 15) is 4.79 Å². The molecule has 0 N–H and O–H groups in total. The van der Waals surface area contributed by atoms with Crippen molar-refractivity contribution in [1.82, 2.24) is 4.90 Å². The summed E-state index contributed by atoms with van der Waals surface area (Å²) in [6, 6.07) is 9.78. The summed E-state index contributed by atoms with van der Waals surface area (Å²) in [5, 5.41) is 0. The Morgan fingerprint density at radius 3 is 2.71 bits per heavy atom. The molecule has 0 bridgehead atoms. The molecule has 0 radical (unpaired) electrons. The van der Waals surface area contributed by atoms with E-state index in [-0.39, 0.29) is 24.2 Å². The van der Waals surface area contributed by atoms with E-state index in [1.54, 1.807) is 0 Å². The van der Waals surface area contributed by atoms with E-state index in [1.807, 2.05) is 44.2 Å². The number of esters is 1. The van der Waals surface area contributed by atoms with Crippen LogP contribution in [0.1, 0.15) is 38.8 Å². The first-order chi connectivity index (χ1) is 10.2. The minimum atomic E-state index is -0.345. The van der Waals surface area contributed by atoms with Gasteiger partial charge in [0.15, 0.2) is 0 Å². The zero-order chi connectivity index (χ0) is 15.2. The van der Waals surface area contributed by atoms with Gasteiger partial charge < -0.3 is 9.47 Å². The van der Waals surface area contributed by atoms with Crippen LogP contribution in [-0.4, -0.2) is 42.8 Å². The minimum absolute atomic E-state index is 0.133. The molecule has 1 aromatic rings. The molecule has 0 aromatic heterocycles. The fraction of sp³-hybridized carbons (Fsp3) is 0.588. The Bertz CT molecular complexity index is 449. The van der Waals surface area contributed by atoms with Crippen molar-refractivity contribution in [2.45, 2.75) is 45.4 Å². The quantitative estimate of drug-likeness (QED) is 0.782. The van der Waals surface area contributed by atoms with Crippen molar-refractivity contribution in [3.8, 4) is 0 Å². The van der Waals surface area contributed by atoms with E-state index in [4.69, 9.17) is 9.47 Å².